The summed E-state index contributed by atoms with van der Waals surface area (Å²) in [7, 11) is 0. The van der Waals surface area contributed by atoms with Gasteiger partial charge in [0.05, 0.1) is 19.6 Å². The van der Waals surface area contributed by atoms with E-state index in [0.717, 1.165) is 24.9 Å². The molecule has 2 N–H and O–H groups in total. The van der Waals surface area contributed by atoms with Gasteiger partial charge in [0.25, 0.3) is 0 Å². The molecule has 1 fully saturated rings. The fourth-order valence-corrected chi connectivity index (χ4v) is 2.43. The molecule has 0 aromatic heterocycles. The van der Waals surface area contributed by atoms with Crippen LogP contribution in [0.5, 0.6) is 0 Å². The summed E-state index contributed by atoms with van der Waals surface area (Å²) >= 11 is 0. The fourth-order valence-electron chi connectivity index (χ4n) is 2.43. The number of nitrogens with one attached hydrogen (secondary N) is 2. The Morgan fingerprint density at radius 2 is 2.14 bits per heavy atom. The highest BCUT2D eigenvalue weighted by Crippen LogP contribution is 2.12. The van der Waals surface area contributed by atoms with Gasteiger partial charge in [-0.25, -0.2) is 0 Å². The fraction of sp³-hybridized carbons (Fsp3) is 0.562. The van der Waals surface area contributed by atoms with Crippen LogP contribution in [-0.2, 0) is 21.0 Å². The van der Waals surface area contributed by atoms with E-state index >= 15 is 0 Å². The van der Waals surface area contributed by atoms with E-state index < -0.39 is 0 Å². The first-order valence-corrected chi connectivity index (χ1v) is 7.58. The van der Waals surface area contributed by atoms with Gasteiger partial charge >= 0.3 is 5.97 Å². The summed E-state index contributed by atoms with van der Waals surface area (Å²) in [4.78, 5) is 17.0. The summed E-state index contributed by atoms with van der Waals surface area (Å²) in [6, 6.07) is 10.6. The van der Waals surface area contributed by atoms with Crippen molar-refractivity contribution in [3.8, 4) is 0 Å². The summed E-state index contributed by atoms with van der Waals surface area (Å²) < 4.78 is 4.97. The van der Waals surface area contributed by atoms with Gasteiger partial charge in [0.2, 0.25) is 0 Å². The van der Waals surface area contributed by atoms with Gasteiger partial charge < -0.3 is 10.1 Å². The van der Waals surface area contributed by atoms with Gasteiger partial charge in [-0.15, -0.1) is 0 Å². The van der Waals surface area contributed by atoms with Gasteiger partial charge in [-0.05, 0) is 25.3 Å². The maximum atomic E-state index is 11.4. The monoisotopic (exact) mass is 292 g/mol. The Labute approximate surface area is 126 Å². The van der Waals surface area contributed by atoms with E-state index in [9.17, 15) is 4.79 Å². The van der Waals surface area contributed by atoms with Gasteiger partial charge in [-0.3, -0.25) is 9.63 Å². The number of carbonyl (C=O) groups excluding carboxylic acids is 1. The number of piperidine rings is 1. The normalized spacial score (nSPS) is 22.0. The van der Waals surface area contributed by atoms with Crippen molar-refractivity contribution in [2.45, 2.75) is 44.9 Å². The molecule has 1 aromatic rings. The Morgan fingerprint density at radius 1 is 1.33 bits per heavy atom. The van der Waals surface area contributed by atoms with Crippen LogP contribution < -0.4 is 10.8 Å². The Bertz CT molecular complexity index is 417. The average molecular weight is 292 g/mol. The van der Waals surface area contributed by atoms with Crippen LogP contribution in [0.15, 0.2) is 30.3 Å². The molecule has 1 aliphatic heterocycles. The lowest BCUT2D eigenvalue weighted by Gasteiger charge is -2.29. The van der Waals surface area contributed by atoms with Gasteiger partial charge in [0.15, 0.2) is 0 Å². The van der Waals surface area contributed by atoms with Crippen LogP contribution >= 0.6 is 0 Å². The van der Waals surface area contributed by atoms with Crippen molar-refractivity contribution in [1.29, 1.82) is 0 Å². The number of hydroxylamine groups is 1. The van der Waals surface area contributed by atoms with Gasteiger partial charge in [0, 0.05) is 18.6 Å². The molecule has 1 heterocycles. The molecule has 2 atom stereocenters. The molecule has 1 aromatic carbocycles. The Morgan fingerprint density at radius 3 is 2.81 bits per heavy atom. The van der Waals surface area contributed by atoms with E-state index in [1.807, 2.05) is 37.3 Å². The first kappa shape index (κ1) is 15.9. The quantitative estimate of drug-likeness (QED) is 0.592. The number of esters is 1. The minimum Gasteiger partial charge on any atom is -0.466 e. The molecule has 0 amide bonds. The van der Waals surface area contributed by atoms with Crippen LogP contribution in [0.3, 0.4) is 0 Å². The summed E-state index contributed by atoms with van der Waals surface area (Å²) in [5.74, 6) is -0.123. The molecule has 1 aliphatic rings. The Kier molecular flexibility index (Phi) is 6.66. The molecule has 21 heavy (non-hydrogen) atoms. The second kappa shape index (κ2) is 8.77. The largest absolute Gasteiger partial charge is 0.466 e. The minimum atomic E-state index is -0.123. The number of benzene rings is 1. The first-order valence-electron chi connectivity index (χ1n) is 7.58. The van der Waals surface area contributed by atoms with Crippen LogP contribution in [0.2, 0.25) is 0 Å². The molecule has 1 saturated heterocycles. The summed E-state index contributed by atoms with van der Waals surface area (Å²) in [5.41, 5.74) is 4.24. The average Bonchev–Trinajstić information content (AvgIpc) is 2.50. The zero-order valence-electron chi connectivity index (χ0n) is 12.5. The van der Waals surface area contributed by atoms with Crippen molar-refractivity contribution in [3.63, 3.8) is 0 Å². The summed E-state index contributed by atoms with van der Waals surface area (Å²) in [5, 5.41) is 3.36. The standard InChI is InChI=1S/C16H24N2O3/c1-2-20-16(19)10-14-8-9-15(11-17-14)18-21-12-13-6-4-3-5-7-13/h3-7,14-15,17-18H,2,8-12H2,1H3/t14-,15-/m1/s1. The minimum absolute atomic E-state index is 0.123. The van der Waals surface area contributed by atoms with Crippen molar-refractivity contribution in [1.82, 2.24) is 10.8 Å². The van der Waals surface area contributed by atoms with Crippen molar-refractivity contribution in [2.24, 2.45) is 0 Å². The van der Waals surface area contributed by atoms with E-state index in [4.69, 9.17) is 9.57 Å². The second-order valence-electron chi connectivity index (χ2n) is 5.28. The topological polar surface area (TPSA) is 59.6 Å². The van der Waals surface area contributed by atoms with E-state index in [-0.39, 0.29) is 18.1 Å². The number of hydrogen-bond donors (Lipinski definition) is 2. The van der Waals surface area contributed by atoms with Gasteiger partial charge in [0.1, 0.15) is 0 Å². The maximum absolute atomic E-state index is 11.4. The molecule has 0 saturated carbocycles. The van der Waals surface area contributed by atoms with Gasteiger partial charge in [-0.2, -0.15) is 5.48 Å². The van der Waals surface area contributed by atoms with Crippen LogP contribution in [0, 0.1) is 0 Å². The lowest BCUT2D eigenvalue weighted by Crippen LogP contribution is -2.48. The molecular weight excluding hydrogens is 268 g/mol. The predicted octanol–water partition coefficient (Wildman–Crippen LogP) is 1.78. The number of carbonyl (C=O) groups is 1. The summed E-state index contributed by atoms with van der Waals surface area (Å²) in [6.07, 6.45) is 2.39. The third-order valence-corrected chi connectivity index (χ3v) is 3.57. The highest BCUT2D eigenvalue weighted by atomic mass is 16.6. The molecule has 0 spiro atoms. The third-order valence-electron chi connectivity index (χ3n) is 3.57. The Balaban J connectivity index is 1.60. The Hall–Kier alpha value is -1.43. The maximum Gasteiger partial charge on any atom is 0.307 e. The van der Waals surface area contributed by atoms with Crippen LogP contribution in [0.1, 0.15) is 31.7 Å². The lowest BCUT2D eigenvalue weighted by atomic mass is 9.99. The number of ether oxygens (including phenoxy) is 1. The molecule has 0 aliphatic carbocycles. The van der Waals surface area contributed by atoms with Gasteiger partial charge in [-0.1, -0.05) is 30.3 Å². The number of rotatable bonds is 7. The molecule has 0 radical (unpaired) electrons. The van der Waals surface area contributed by atoms with E-state index in [0.29, 0.717) is 19.6 Å². The van der Waals surface area contributed by atoms with Crippen LogP contribution in [-0.4, -0.2) is 31.2 Å². The zero-order chi connectivity index (χ0) is 14.9. The zero-order valence-corrected chi connectivity index (χ0v) is 12.5. The second-order valence-corrected chi connectivity index (χ2v) is 5.28. The lowest BCUT2D eigenvalue weighted by molar-refractivity contribution is -0.143. The molecule has 5 heteroatoms. The van der Waals surface area contributed by atoms with E-state index in [1.54, 1.807) is 0 Å². The molecule has 2 rings (SSSR count). The smallest absolute Gasteiger partial charge is 0.307 e. The third kappa shape index (κ3) is 5.83. The molecule has 0 bridgehead atoms. The highest BCUT2D eigenvalue weighted by Gasteiger charge is 2.22. The summed E-state index contributed by atoms with van der Waals surface area (Å²) in [6.45, 7) is 3.64. The van der Waals surface area contributed by atoms with Crippen molar-refractivity contribution in [3.05, 3.63) is 35.9 Å². The number of hydrogen-bond acceptors (Lipinski definition) is 5. The van der Waals surface area contributed by atoms with Crippen molar-refractivity contribution in [2.75, 3.05) is 13.2 Å². The van der Waals surface area contributed by atoms with E-state index in [1.165, 1.54) is 0 Å². The molecule has 116 valence electrons. The molecule has 0 unspecified atom stereocenters. The predicted molar refractivity (Wildman–Crippen MR) is 80.4 cm³/mol. The first-order chi connectivity index (χ1) is 10.3. The van der Waals surface area contributed by atoms with Crippen LogP contribution in [0.25, 0.3) is 0 Å². The molecule has 5 nitrogen and oxygen atoms in total. The highest BCUT2D eigenvalue weighted by molar-refractivity contribution is 5.70. The van der Waals surface area contributed by atoms with Crippen LogP contribution in [0.4, 0.5) is 0 Å². The van der Waals surface area contributed by atoms with Crippen molar-refractivity contribution < 1.29 is 14.4 Å². The SMILES string of the molecule is CCOC(=O)C[C@H]1CC[C@@H](NOCc2ccccc2)CN1. The van der Waals surface area contributed by atoms with E-state index in [2.05, 4.69) is 10.8 Å². The van der Waals surface area contributed by atoms with Crippen molar-refractivity contribution >= 4 is 5.97 Å². The molecular formula is C16H24N2O3.